The number of rotatable bonds is 2. The molecular formula is C17H16N2O2. The lowest BCUT2D eigenvalue weighted by Crippen LogP contribution is -2.16. The van der Waals surface area contributed by atoms with Crippen molar-refractivity contribution in [1.82, 2.24) is 9.97 Å². The molecule has 0 aliphatic heterocycles. The van der Waals surface area contributed by atoms with Crippen molar-refractivity contribution in [3.63, 3.8) is 0 Å². The Hall–Kier alpha value is -2.62. The Morgan fingerprint density at radius 2 is 1.81 bits per heavy atom. The summed E-state index contributed by atoms with van der Waals surface area (Å²) < 4.78 is 0. The van der Waals surface area contributed by atoms with Crippen molar-refractivity contribution in [3.8, 4) is 17.3 Å². The van der Waals surface area contributed by atoms with Crippen LogP contribution < -0.4 is 5.56 Å². The first-order chi connectivity index (χ1) is 10.1. The van der Waals surface area contributed by atoms with Gasteiger partial charge in [-0.25, -0.2) is 0 Å². The van der Waals surface area contributed by atoms with Crippen LogP contribution in [0.25, 0.3) is 22.2 Å². The third kappa shape index (κ3) is 2.40. The monoisotopic (exact) mass is 280 g/mol. The second kappa shape index (κ2) is 5.05. The maximum atomic E-state index is 12.1. The van der Waals surface area contributed by atoms with Crippen LogP contribution >= 0.6 is 0 Å². The number of fused-ring (bicyclic) bond motifs is 1. The first kappa shape index (κ1) is 13.4. The predicted octanol–water partition coefficient (Wildman–Crippen LogP) is 3.42. The summed E-state index contributed by atoms with van der Waals surface area (Å²) in [6.07, 6.45) is 0. The highest BCUT2D eigenvalue weighted by Crippen LogP contribution is 2.25. The summed E-state index contributed by atoms with van der Waals surface area (Å²) in [6, 6.07) is 13.8. The average Bonchev–Trinajstić information content (AvgIpc) is 2.45. The van der Waals surface area contributed by atoms with Crippen LogP contribution in [0, 0.1) is 0 Å². The number of hydrogen-bond donors (Lipinski definition) is 2. The van der Waals surface area contributed by atoms with E-state index in [1.165, 1.54) is 0 Å². The largest absolute Gasteiger partial charge is 0.493 e. The second-order valence-electron chi connectivity index (χ2n) is 5.37. The number of aromatic hydroxyl groups is 1. The third-order valence-corrected chi connectivity index (χ3v) is 3.54. The fraction of sp³-hybridized carbons (Fsp3) is 0.176. The third-order valence-electron chi connectivity index (χ3n) is 3.54. The molecule has 1 aromatic heterocycles. The van der Waals surface area contributed by atoms with Crippen LogP contribution in [0.2, 0.25) is 0 Å². The van der Waals surface area contributed by atoms with Gasteiger partial charge in [0.05, 0.1) is 5.56 Å². The van der Waals surface area contributed by atoms with E-state index in [9.17, 15) is 9.90 Å². The van der Waals surface area contributed by atoms with Crippen LogP contribution in [0.4, 0.5) is 0 Å². The van der Waals surface area contributed by atoms with Crippen molar-refractivity contribution in [2.24, 2.45) is 0 Å². The SMILES string of the molecule is CC(C)c1c(O)nc(-c2ccc3ccccc3c2)[nH]c1=O. The van der Waals surface area contributed by atoms with E-state index < -0.39 is 0 Å². The molecule has 21 heavy (non-hydrogen) atoms. The van der Waals surface area contributed by atoms with Crippen molar-refractivity contribution in [2.75, 3.05) is 0 Å². The first-order valence-corrected chi connectivity index (χ1v) is 6.88. The molecule has 2 aromatic carbocycles. The minimum Gasteiger partial charge on any atom is -0.493 e. The molecule has 0 spiro atoms. The highest BCUT2D eigenvalue weighted by atomic mass is 16.3. The van der Waals surface area contributed by atoms with Crippen molar-refractivity contribution in [1.29, 1.82) is 0 Å². The molecule has 0 fully saturated rings. The van der Waals surface area contributed by atoms with Crippen LogP contribution in [0.15, 0.2) is 47.3 Å². The van der Waals surface area contributed by atoms with Crippen molar-refractivity contribution < 1.29 is 5.11 Å². The van der Waals surface area contributed by atoms with E-state index in [1.54, 1.807) is 0 Å². The van der Waals surface area contributed by atoms with Gasteiger partial charge in [-0.3, -0.25) is 4.79 Å². The highest BCUT2D eigenvalue weighted by molar-refractivity contribution is 5.86. The molecule has 0 saturated heterocycles. The minimum absolute atomic E-state index is 0.0769. The van der Waals surface area contributed by atoms with E-state index >= 15 is 0 Å². The van der Waals surface area contributed by atoms with E-state index in [2.05, 4.69) is 9.97 Å². The number of nitrogens with one attached hydrogen (secondary N) is 1. The van der Waals surface area contributed by atoms with E-state index in [0.717, 1.165) is 16.3 Å². The lowest BCUT2D eigenvalue weighted by atomic mass is 10.1. The van der Waals surface area contributed by atoms with Crippen LogP contribution in [0.1, 0.15) is 25.3 Å². The maximum Gasteiger partial charge on any atom is 0.258 e. The van der Waals surface area contributed by atoms with Gasteiger partial charge in [0, 0.05) is 5.56 Å². The molecule has 0 amide bonds. The number of aromatic amines is 1. The molecule has 3 rings (SSSR count). The lowest BCUT2D eigenvalue weighted by molar-refractivity contribution is 0.440. The summed E-state index contributed by atoms with van der Waals surface area (Å²) in [6.45, 7) is 3.70. The van der Waals surface area contributed by atoms with Gasteiger partial charge < -0.3 is 10.1 Å². The quantitative estimate of drug-likeness (QED) is 0.756. The Balaban J connectivity index is 2.17. The molecule has 0 unspecified atom stereocenters. The van der Waals surface area contributed by atoms with Gasteiger partial charge in [0.15, 0.2) is 0 Å². The van der Waals surface area contributed by atoms with Crippen LogP contribution in [-0.2, 0) is 0 Å². The Bertz CT molecular complexity index is 866. The molecule has 0 aliphatic carbocycles. The van der Waals surface area contributed by atoms with Crippen LogP contribution in [0.3, 0.4) is 0 Å². The van der Waals surface area contributed by atoms with Gasteiger partial charge >= 0.3 is 0 Å². The fourth-order valence-electron chi connectivity index (χ4n) is 2.46. The molecule has 0 radical (unpaired) electrons. The highest BCUT2D eigenvalue weighted by Gasteiger charge is 2.14. The number of nitrogens with zero attached hydrogens (tertiary/aromatic N) is 1. The van der Waals surface area contributed by atoms with E-state index in [-0.39, 0.29) is 17.4 Å². The van der Waals surface area contributed by atoms with Crippen LogP contribution in [-0.4, -0.2) is 15.1 Å². The summed E-state index contributed by atoms with van der Waals surface area (Å²) >= 11 is 0. The van der Waals surface area contributed by atoms with Gasteiger partial charge in [0.1, 0.15) is 5.82 Å². The van der Waals surface area contributed by atoms with Crippen molar-refractivity contribution >= 4 is 10.8 Å². The molecule has 4 nitrogen and oxygen atoms in total. The Kier molecular flexibility index (Phi) is 3.22. The summed E-state index contributed by atoms with van der Waals surface area (Å²) in [7, 11) is 0. The molecule has 4 heteroatoms. The molecule has 106 valence electrons. The maximum absolute atomic E-state index is 12.1. The normalized spacial score (nSPS) is 11.2. The fourth-order valence-corrected chi connectivity index (χ4v) is 2.46. The number of hydrogen-bond acceptors (Lipinski definition) is 3. The zero-order valence-corrected chi connectivity index (χ0v) is 11.9. The van der Waals surface area contributed by atoms with Gasteiger partial charge in [-0.1, -0.05) is 50.2 Å². The van der Waals surface area contributed by atoms with Crippen molar-refractivity contribution in [2.45, 2.75) is 19.8 Å². The summed E-state index contributed by atoms with van der Waals surface area (Å²) in [4.78, 5) is 19.0. The summed E-state index contributed by atoms with van der Waals surface area (Å²) in [5.41, 5.74) is 0.802. The van der Waals surface area contributed by atoms with Crippen molar-refractivity contribution in [3.05, 3.63) is 58.4 Å². The molecule has 0 atom stereocenters. The van der Waals surface area contributed by atoms with Gasteiger partial charge in [-0.05, 0) is 22.8 Å². The Morgan fingerprint density at radius 3 is 2.48 bits per heavy atom. The molecule has 3 aromatic rings. The Labute approximate surface area is 122 Å². The van der Waals surface area contributed by atoms with Gasteiger partial charge in [0.2, 0.25) is 5.88 Å². The lowest BCUT2D eigenvalue weighted by Gasteiger charge is -2.09. The smallest absolute Gasteiger partial charge is 0.258 e. The zero-order valence-electron chi connectivity index (χ0n) is 11.9. The van der Waals surface area contributed by atoms with Crippen LogP contribution in [0.5, 0.6) is 5.88 Å². The minimum atomic E-state index is -0.291. The van der Waals surface area contributed by atoms with E-state index in [0.29, 0.717) is 11.4 Å². The van der Waals surface area contributed by atoms with E-state index in [4.69, 9.17) is 0 Å². The summed E-state index contributed by atoms with van der Waals surface area (Å²) in [5, 5.41) is 12.2. The molecule has 0 aliphatic rings. The molecule has 2 N–H and O–H groups in total. The number of aromatic nitrogens is 2. The van der Waals surface area contributed by atoms with Gasteiger partial charge in [-0.2, -0.15) is 4.98 Å². The van der Waals surface area contributed by atoms with Gasteiger partial charge in [0.25, 0.3) is 5.56 Å². The molecular weight excluding hydrogens is 264 g/mol. The van der Waals surface area contributed by atoms with Gasteiger partial charge in [-0.15, -0.1) is 0 Å². The summed E-state index contributed by atoms with van der Waals surface area (Å²) in [5.74, 6) is 0.108. The topological polar surface area (TPSA) is 66.0 Å². The Morgan fingerprint density at radius 1 is 1.10 bits per heavy atom. The first-order valence-electron chi connectivity index (χ1n) is 6.88. The predicted molar refractivity (Wildman–Crippen MR) is 83.6 cm³/mol. The zero-order chi connectivity index (χ0) is 15.0. The number of H-pyrrole nitrogens is 1. The average molecular weight is 280 g/mol. The standard InChI is InChI=1S/C17H16N2O2/c1-10(2)14-16(20)18-15(19-17(14)21)13-8-7-11-5-3-4-6-12(11)9-13/h3-10H,1-2H3,(H2,18,19,20,21). The second-order valence-corrected chi connectivity index (χ2v) is 5.37. The molecule has 1 heterocycles. The van der Waals surface area contributed by atoms with E-state index in [1.807, 2.05) is 56.3 Å². The molecule has 0 bridgehead atoms. The molecule has 0 saturated carbocycles. The number of benzene rings is 2.